The zero-order valence-corrected chi connectivity index (χ0v) is 17.1. The van der Waals surface area contributed by atoms with Gasteiger partial charge >= 0.3 is 0 Å². The summed E-state index contributed by atoms with van der Waals surface area (Å²) in [5.41, 5.74) is 0.853. The third-order valence-corrected chi connectivity index (χ3v) is 5.78. The Hall–Kier alpha value is -2.21. The Bertz CT molecular complexity index is 827. The molecule has 2 aromatic rings. The van der Waals surface area contributed by atoms with Gasteiger partial charge in [0.15, 0.2) is 0 Å². The molecule has 28 heavy (non-hydrogen) atoms. The van der Waals surface area contributed by atoms with Crippen molar-refractivity contribution in [3.63, 3.8) is 0 Å². The van der Waals surface area contributed by atoms with E-state index in [1.165, 1.54) is 0 Å². The topological polar surface area (TPSA) is 62.5 Å². The third kappa shape index (κ3) is 3.97. The van der Waals surface area contributed by atoms with Gasteiger partial charge in [-0.1, -0.05) is 56.3 Å². The number of piperidine rings is 1. The maximum absolute atomic E-state index is 13.3. The molecule has 0 radical (unpaired) electrons. The van der Waals surface area contributed by atoms with Gasteiger partial charge in [-0.25, -0.2) is 0 Å². The Morgan fingerprint density at radius 3 is 2.68 bits per heavy atom. The van der Waals surface area contributed by atoms with Crippen LogP contribution in [-0.2, 0) is 11.3 Å². The smallest absolute Gasteiger partial charge is 0.241 e. The van der Waals surface area contributed by atoms with Crippen molar-refractivity contribution < 1.29 is 9.32 Å². The van der Waals surface area contributed by atoms with Crippen molar-refractivity contribution in [3.8, 4) is 11.4 Å². The molecule has 1 aromatic carbocycles. The second-order valence-corrected chi connectivity index (χ2v) is 9.51. The largest absolute Gasteiger partial charge is 0.342 e. The van der Waals surface area contributed by atoms with E-state index in [1.807, 2.05) is 30.3 Å². The van der Waals surface area contributed by atoms with Crippen LogP contribution in [0.5, 0.6) is 0 Å². The highest BCUT2D eigenvalue weighted by Gasteiger charge is 2.48. The number of aromatic nitrogens is 2. The maximum Gasteiger partial charge on any atom is 0.241 e. The molecule has 3 heterocycles. The second-order valence-electron chi connectivity index (χ2n) is 9.51. The zero-order valence-electron chi connectivity index (χ0n) is 17.1. The summed E-state index contributed by atoms with van der Waals surface area (Å²) in [6.45, 7) is 10.6. The minimum absolute atomic E-state index is 0.129. The Balaban J connectivity index is 1.41. The highest BCUT2D eigenvalue weighted by Crippen LogP contribution is 2.41. The number of benzene rings is 1. The molecule has 1 spiro atoms. The summed E-state index contributed by atoms with van der Waals surface area (Å²) in [6.07, 6.45) is 3.00. The fraction of sp³-hybridized carbons (Fsp3) is 0.591. The number of amides is 1. The normalized spacial score (nSPS) is 23.7. The molecule has 2 aliphatic rings. The van der Waals surface area contributed by atoms with Gasteiger partial charge in [-0.15, -0.1) is 0 Å². The lowest BCUT2D eigenvalue weighted by Crippen LogP contribution is -2.52. The molecule has 1 atom stereocenters. The summed E-state index contributed by atoms with van der Waals surface area (Å²) >= 11 is 0. The van der Waals surface area contributed by atoms with Crippen LogP contribution in [0.3, 0.4) is 0 Å². The van der Waals surface area contributed by atoms with Crippen molar-refractivity contribution in [1.82, 2.24) is 19.9 Å². The van der Waals surface area contributed by atoms with Crippen LogP contribution in [0.4, 0.5) is 0 Å². The number of hydrogen-bond acceptors (Lipinski definition) is 5. The number of rotatable bonds is 4. The minimum Gasteiger partial charge on any atom is -0.342 e. The summed E-state index contributed by atoms with van der Waals surface area (Å²) in [5, 5.41) is 4.11. The van der Waals surface area contributed by atoms with Crippen LogP contribution in [0.15, 0.2) is 34.9 Å². The highest BCUT2D eigenvalue weighted by atomic mass is 16.5. The van der Waals surface area contributed by atoms with E-state index in [-0.39, 0.29) is 10.8 Å². The van der Waals surface area contributed by atoms with Crippen molar-refractivity contribution in [3.05, 3.63) is 36.2 Å². The standard InChI is InChI=1S/C22H30N4O2/c1-21(2,3)15-26-12-7-10-22(20(26)27)11-13-25(16-22)14-18-23-19(24-28-18)17-8-5-4-6-9-17/h4-6,8-9H,7,10-16H2,1-3H3. The lowest BCUT2D eigenvalue weighted by Gasteiger charge is -2.41. The lowest BCUT2D eigenvalue weighted by atomic mass is 9.77. The lowest BCUT2D eigenvalue weighted by molar-refractivity contribution is -0.147. The van der Waals surface area contributed by atoms with Gasteiger partial charge in [0.1, 0.15) is 0 Å². The zero-order chi connectivity index (χ0) is 19.8. The van der Waals surface area contributed by atoms with Gasteiger partial charge in [-0.2, -0.15) is 4.98 Å². The molecule has 0 bridgehead atoms. The average molecular weight is 383 g/mol. The van der Waals surface area contributed by atoms with Crippen molar-refractivity contribution >= 4 is 5.91 Å². The minimum atomic E-state index is -0.230. The van der Waals surface area contributed by atoms with E-state index >= 15 is 0 Å². The molecular weight excluding hydrogens is 352 g/mol. The van der Waals surface area contributed by atoms with Gasteiger partial charge in [-0.05, 0) is 31.2 Å². The first-order valence-corrected chi connectivity index (χ1v) is 10.2. The molecule has 2 aliphatic heterocycles. The van der Waals surface area contributed by atoms with Crippen LogP contribution in [-0.4, -0.2) is 52.0 Å². The van der Waals surface area contributed by atoms with E-state index in [0.717, 1.165) is 51.0 Å². The van der Waals surface area contributed by atoms with Crippen molar-refractivity contribution in [1.29, 1.82) is 0 Å². The first-order valence-electron chi connectivity index (χ1n) is 10.2. The number of nitrogens with zero attached hydrogens (tertiary/aromatic N) is 4. The van der Waals surface area contributed by atoms with Gasteiger partial charge in [0.2, 0.25) is 17.6 Å². The van der Waals surface area contributed by atoms with Crippen LogP contribution in [0.1, 0.15) is 45.9 Å². The summed E-state index contributed by atoms with van der Waals surface area (Å²) in [5.74, 6) is 1.58. The molecule has 1 aromatic heterocycles. The van der Waals surface area contributed by atoms with Crippen LogP contribution in [0.25, 0.3) is 11.4 Å². The summed E-state index contributed by atoms with van der Waals surface area (Å²) in [4.78, 5) is 22.2. The summed E-state index contributed by atoms with van der Waals surface area (Å²) < 4.78 is 5.47. The second kappa shape index (κ2) is 7.32. The number of carbonyl (C=O) groups is 1. The van der Waals surface area contributed by atoms with Crippen molar-refractivity contribution in [2.75, 3.05) is 26.2 Å². The molecule has 6 heteroatoms. The van der Waals surface area contributed by atoms with Crippen LogP contribution < -0.4 is 0 Å². The first-order chi connectivity index (χ1) is 13.3. The van der Waals surface area contributed by atoms with Gasteiger partial charge < -0.3 is 9.42 Å². The molecule has 2 saturated heterocycles. The highest BCUT2D eigenvalue weighted by molar-refractivity contribution is 5.84. The SMILES string of the molecule is CC(C)(C)CN1CCCC2(CCN(Cc3nc(-c4ccccc4)no3)C2)C1=O. The van der Waals surface area contributed by atoms with E-state index in [1.54, 1.807) is 0 Å². The number of likely N-dealkylation sites (tertiary alicyclic amines) is 2. The fourth-order valence-corrected chi connectivity index (χ4v) is 4.56. The van der Waals surface area contributed by atoms with Crippen molar-refractivity contribution in [2.24, 2.45) is 10.8 Å². The molecule has 2 fully saturated rings. The predicted molar refractivity (Wildman–Crippen MR) is 107 cm³/mol. The van der Waals surface area contributed by atoms with E-state index in [4.69, 9.17) is 4.52 Å². The fourth-order valence-electron chi connectivity index (χ4n) is 4.56. The molecule has 150 valence electrons. The van der Waals surface area contributed by atoms with Gasteiger partial charge in [-0.3, -0.25) is 9.69 Å². The third-order valence-electron chi connectivity index (χ3n) is 5.78. The molecule has 1 unspecified atom stereocenters. The van der Waals surface area contributed by atoms with E-state index in [9.17, 15) is 4.79 Å². The quantitative estimate of drug-likeness (QED) is 0.808. The maximum atomic E-state index is 13.3. The summed E-state index contributed by atoms with van der Waals surface area (Å²) in [7, 11) is 0. The predicted octanol–water partition coefficient (Wildman–Crippen LogP) is 3.60. The van der Waals surface area contributed by atoms with Crippen LogP contribution in [0.2, 0.25) is 0 Å². The number of hydrogen-bond donors (Lipinski definition) is 0. The van der Waals surface area contributed by atoms with E-state index < -0.39 is 0 Å². The van der Waals surface area contributed by atoms with E-state index in [0.29, 0.717) is 24.2 Å². The molecule has 0 aliphatic carbocycles. The molecule has 1 amide bonds. The molecule has 6 nitrogen and oxygen atoms in total. The monoisotopic (exact) mass is 382 g/mol. The molecular formula is C22H30N4O2. The van der Waals surface area contributed by atoms with Crippen molar-refractivity contribution in [2.45, 2.75) is 46.6 Å². The average Bonchev–Trinajstić information content (AvgIpc) is 3.27. The van der Waals surface area contributed by atoms with Gasteiger partial charge in [0, 0.05) is 25.2 Å². The molecule has 0 saturated carbocycles. The Labute approximate surface area is 166 Å². The Morgan fingerprint density at radius 1 is 1.14 bits per heavy atom. The molecule has 4 rings (SSSR count). The van der Waals surface area contributed by atoms with Gasteiger partial charge in [0.25, 0.3) is 0 Å². The van der Waals surface area contributed by atoms with E-state index in [2.05, 4.69) is 40.7 Å². The van der Waals surface area contributed by atoms with Crippen LogP contribution in [0, 0.1) is 10.8 Å². The molecule has 0 N–H and O–H groups in total. The van der Waals surface area contributed by atoms with Crippen LogP contribution >= 0.6 is 0 Å². The number of carbonyl (C=O) groups excluding carboxylic acids is 1. The Morgan fingerprint density at radius 2 is 1.93 bits per heavy atom. The Kier molecular flexibility index (Phi) is 5.00. The first kappa shape index (κ1) is 19.1. The summed E-state index contributed by atoms with van der Waals surface area (Å²) in [6, 6.07) is 9.85. The van der Waals surface area contributed by atoms with Gasteiger partial charge in [0.05, 0.1) is 12.0 Å².